The molecular weight excluding hydrogens is 508 g/mol. The molecule has 0 saturated heterocycles. The summed E-state index contributed by atoms with van der Waals surface area (Å²) in [5.41, 5.74) is 6.36. The van der Waals surface area contributed by atoms with Gasteiger partial charge in [0.25, 0.3) is 5.91 Å². The fourth-order valence-corrected chi connectivity index (χ4v) is 5.30. The van der Waals surface area contributed by atoms with Crippen molar-refractivity contribution in [3.05, 3.63) is 104 Å². The van der Waals surface area contributed by atoms with E-state index >= 15 is 0 Å². The molecule has 3 N–H and O–H groups in total. The van der Waals surface area contributed by atoms with Gasteiger partial charge in [-0.25, -0.2) is 9.78 Å². The van der Waals surface area contributed by atoms with Crippen molar-refractivity contribution in [2.45, 2.75) is 46.2 Å². The molecule has 0 spiro atoms. The molecule has 198 valence electrons. The average molecular weight is 539 g/mol. The van der Waals surface area contributed by atoms with Crippen molar-refractivity contribution in [1.82, 2.24) is 10.3 Å². The molecule has 2 aromatic heterocycles. The highest BCUT2D eigenvalue weighted by molar-refractivity contribution is 7.10. The number of thiophene rings is 1. The van der Waals surface area contributed by atoms with Crippen molar-refractivity contribution in [3.63, 3.8) is 0 Å². The number of pyridine rings is 1. The van der Waals surface area contributed by atoms with Crippen LogP contribution in [0.25, 0.3) is 11.1 Å². The predicted molar refractivity (Wildman–Crippen MR) is 154 cm³/mol. The number of benzene rings is 2. The lowest BCUT2D eigenvalue weighted by Crippen LogP contribution is -2.42. The molecule has 7 nitrogen and oxygen atoms in total. The molecule has 1 unspecified atom stereocenters. The molecule has 0 fully saturated rings. The first-order valence-electron chi connectivity index (χ1n) is 12.7. The van der Waals surface area contributed by atoms with Gasteiger partial charge in [0, 0.05) is 23.1 Å². The van der Waals surface area contributed by atoms with Crippen LogP contribution in [-0.4, -0.2) is 28.0 Å². The minimum Gasteiger partial charge on any atom is -0.480 e. The van der Waals surface area contributed by atoms with E-state index < -0.39 is 17.9 Å². The highest BCUT2D eigenvalue weighted by Gasteiger charge is 2.24. The van der Waals surface area contributed by atoms with Gasteiger partial charge in [0.15, 0.2) is 0 Å². The maximum atomic E-state index is 13.1. The minimum absolute atomic E-state index is 0.153. The normalized spacial score (nSPS) is 11.4. The number of aryl methyl sites for hydroxylation is 3. The van der Waals surface area contributed by atoms with E-state index in [1.165, 1.54) is 4.88 Å². The van der Waals surface area contributed by atoms with E-state index in [-0.39, 0.29) is 6.42 Å². The smallest absolute Gasteiger partial charge is 0.326 e. The number of hydrogen-bond donors (Lipinski definition) is 3. The molecule has 0 bridgehead atoms. The number of anilines is 1. The van der Waals surface area contributed by atoms with Gasteiger partial charge in [-0.15, -0.1) is 11.3 Å². The molecule has 0 saturated carbocycles. The molecular formula is C31H30N4O3S. The van der Waals surface area contributed by atoms with Gasteiger partial charge in [-0.05, 0) is 89.4 Å². The van der Waals surface area contributed by atoms with Crippen LogP contribution in [0.3, 0.4) is 0 Å². The Bertz CT molecular complexity index is 1540. The van der Waals surface area contributed by atoms with E-state index in [1.807, 2.05) is 50.2 Å². The maximum Gasteiger partial charge on any atom is 0.326 e. The van der Waals surface area contributed by atoms with Crippen molar-refractivity contribution in [1.29, 1.82) is 5.26 Å². The van der Waals surface area contributed by atoms with Crippen LogP contribution < -0.4 is 10.6 Å². The van der Waals surface area contributed by atoms with Crippen LogP contribution in [-0.2, 0) is 24.2 Å². The van der Waals surface area contributed by atoms with Crippen LogP contribution in [0.1, 0.15) is 50.0 Å². The van der Waals surface area contributed by atoms with Crippen molar-refractivity contribution in [2.75, 3.05) is 5.32 Å². The van der Waals surface area contributed by atoms with E-state index in [1.54, 1.807) is 36.6 Å². The maximum absolute atomic E-state index is 13.1. The van der Waals surface area contributed by atoms with Crippen LogP contribution in [0.5, 0.6) is 0 Å². The van der Waals surface area contributed by atoms with Crippen molar-refractivity contribution in [2.24, 2.45) is 0 Å². The first-order valence-corrected chi connectivity index (χ1v) is 13.6. The predicted octanol–water partition coefficient (Wildman–Crippen LogP) is 5.90. The molecule has 39 heavy (non-hydrogen) atoms. The second-order valence-corrected chi connectivity index (χ2v) is 10.4. The molecule has 4 aromatic rings. The number of rotatable bonds is 10. The number of nitrogens with one attached hydrogen (secondary N) is 2. The number of hydrogen-bond acceptors (Lipinski definition) is 6. The van der Waals surface area contributed by atoms with Gasteiger partial charge in [0.05, 0.1) is 18.2 Å². The summed E-state index contributed by atoms with van der Waals surface area (Å²) in [4.78, 5) is 30.6. The first-order chi connectivity index (χ1) is 18.8. The lowest BCUT2D eigenvalue weighted by Gasteiger charge is -2.18. The third kappa shape index (κ3) is 6.89. The Balaban J connectivity index is 1.42. The van der Waals surface area contributed by atoms with Gasteiger partial charge in [-0.1, -0.05) is 31.2 Å². The topological polar surface area (TPSA) is 115 Å². The highest BCUT2D eigenvalue weighted by Crippen LogP contribution is 2.27. The van der Waals surface area contributed by atoms with Crippen LogP contribution in [0, 0.1) is 25.2 Å². The number of aromatic nitrogens is 1. The van der Waals surface area contributed by atoms with Gasteiger partial charge >= 0.3 is 5.97 Å². The quantitative estimate of drug-likeness (QED) is 0.232. The second kappa shape index (κ2) is 12.4. The van der Waals surface area contributed by atoms with Crippen LogP contribution in [0.15, 0.2) is 66.2 Å². The Morgan fingerprint density at radius 2 is 1.85 bits per heavy atom. The largest absolute Gasteiger partial charge is 0.480 e. The summed E-state index contributed by atoms with van der Waals surface area (Å²) < 4.78 is 0. The Kier molecular flexibility index (Phi) is 8.74. The Morgan fingerprint density at radius 1 is 1.08 bits per heavy atom. The molecule has 0 radical (unpaired) electrons. The second-order valence-electron chi connectivity index (χ2n) is 9.43. The number of carbonyl (C=O) groups is 2. The minimum atomic E-state index is -1.10. The number of carboxylic acids is 1. The summed E-state index contributed by atoms with van der Waals surface area (Å²) >= 11 is 1.66. The summed E-state index contributed by atoms with van der Waals surface area (Å²) in [7, 11) is 0. The summed E-state index contributed by atoms with van der Waals surface area (Å²) in [5.74, 6) is -0.706. The molecule has 4 rings (SSSR count). The van der Waals surface area contributed by atoms with Crippen molar-refractivity contribution < 1.29 is 14.7 Å². The molecule has 1 atom stereocenters. The highest BCUT2D eigenvalue weighted by atomic mass is 32.1. The van der Waals surface area contributed by atoms with Gasteiger partial charge in [-0.2, -0.15) is 5.26 Å². The number of nitrogens with zero attached hydrogens (tertiary/aromatic N) is 2. The summed E-state index contributed by atoms with van der Waals surface area (Å²) in [6.45, 7) is 6.37. The lowest BCUT2D eigenvalue weighted by atomic mass is 9.95. The molecule has 0 aliphatic carbocycles. The fraction of sp³-hybridized carbons (Fsp3) is 0.226. The number of aliphatic carboxylic acids is 1. The van der Waals surface area contributed by atoms with Gasteiger partial charge in [-0.3, -0.25) is 4.79 Å². The van der Waals surface area contributed by atoms with Crippen LogP contribution >= 0.6 is 11.3 Å². The molecule has 1 amide bonds. The van der Waals surface area contributed by atoms with Crippen molar-refractivity contribution >= 4 is 29.0 Å². The van der Waals surface area contributed by atoms with E-state index in [4.69, 9.17) is 0 Å². The molecule has 0 aliphatic rings. The Morgan fingerprint density at radius 3 is 2.51 bits per heavy atom. The molecule has 0 aliphatic heterocycles. The van der Waals surface area contributed by atoms with Gasteiger partial charge in [0.1, 0.15) is 11.9 Å². The summed E-state index contributed by atoms with van der Waals surface area (Å²) in [5, 5.41) is 27.2. The fourth-order valence-electron chi connectivity index (χ4n) is 4.46. The zero-order chi connectivity index (χ0) is 27.9. The number of amides is 1. The van der Waals surface area contributed by atoms with E-state index in [0.717, 1.165) is 33.6 Å². The van der Waals surface area contributed by atoms with Crippen molar-refractivity contribution in [3.8, 4) is 17.2 Å². The summed E-state index contributed by atoms with van der Waals surface area (Å²) in [6.07, 6.45) is 2.50. The van der Waals surface area contributed by atoms with E-state index in [9.17, 15) is 20.0 Å². The van der Waals surface area contributed by atoms with E-state index in [2.05, 4.69) is 33.1 Å². The number of carboxylic acid groups (broad SMARTS) is 1. The zero-order valence-corrected chi connectivity index (χ0v) is 22.9. The number of carbonyl (C=O) groups excluding carboxylic acids is 1. The van der Waals surface area contributed by atoms with Gasteiger partial charge < -0.3 is 15.7 Å². The van der Waals surface area contributed by atoms with Crippen LogP contribution in [0.2, 0.25) is 0 Å². The number of nitriles is 1. The van der Waals surface area contributed by atoms with Crippen LogP contribution in [0.4, 0.5) is 5.82 Å². The Labute approximate surface area is 232 Å². The third-order valence-electron chi connectivity index (χ3n) is 6.50. The first kappa shape index (κ1) is 27.6. The lowest BCUT2D eigenvalue weighted by molar-refractivity contribution is -0.139. The van der Waals surface area contributed by atoms with E-state index in [0.29, 0.717) is 29.7 Å². The monoisotopic (exact) mass is 538 g/mol. The molecule has 2 aromatic carbocycles. The zero-order valence-electron chi connectivity index (χ0n) is 22.1. The average Bonchev–Trinajstić information content (AvgIpc) is 3.40. The molecule has 2 heterocycles. The summed E-state index contributed by atoms with van der Waals surface area (Å²) in [6, 6.07) is 18.2. The SMILES string of the molecule is CCc1cc(C#N)cc(C)c1C(=O)NC(Cc1ccc(-c2csc(CNc3cc(C)ccn3)c2)cc1)C(=O)O. The standard InChI is InChI=1S/C31H30N4O3S/c1-4-23-13-22(16-32)12-20(3)29(23)30(36)35-27(31(37)38)14-21-5-7-24(8-6-21)25-15-26(39-18-25)17-34-28-11-19(2)9-10-33-28/h5-13,15,18,27H,4,14,17H2,1-3H3,(H,33,34)(H,35,36)(H,37,38). The Hall–Kier alpha value is -4.48. The molecule has 8 heteroatoms. The van der Waals surface area contributed by atoms with Gasteiger partial charge in [0.2, 0.25) is 0 Å². The third-order valence-corrected chi connectivity index (χ3v) is 7.43.